The average molecular weight is 328 g/mol. The Kier molecular flexibility index (Phi) is 5.18. The molecule has 0 spiro atoms. The maximum Gasteiger partial charge on any atom is 0.334 e. The third kappa shape index (κ3) is 3.22. The van der Waals surface area contributed by atoms with Crippen LogP contribution in [0.4, 0.5) is 0 Å². The van der Waals surface area contributed by atoms with Gasteiger partial charge >= 0.3 is 5.97 Å². The summed E-state index contributed by atoms with van der Waals surface area (Å²) < 4.78 is 5.14. The van der Waals surface area contributed by atoms with Gasteiger partial charge in [-0.3, -0.25) is 4.79 Å². The number of carboxylic acid groups (broad SMARTS) is 1. The first-order valence-electron chi connectivity index (χ1n) is 7.57. The number of hydrogen-bond acceptors (Lipinski definition) is 4. The van der Waals surface area contributed by atoms with Gasteiger partial charge in [-0.2, -0.15) is 0 Å². The van der Waals surface area contributed by atoms with Crippen LogP contribution in [0, 0.1) is 6.92 Å². The van der Waals surface area contributed by atoms with Gasteiger partial charge in [-0.25, -0.2) is 9.78 Å². The molecule has 0 saturated heterocycles. The van der Waals surface area contributed by atoms with E-state index in [-0.39, 0.29) is 17.9 Å². The van der Waals surface area contributed by atoms with Crippen molar-refractivity contribution in [2.24, 2.45) is 0 Å². The van der Waals surface area contributed by atoms with Crippen molar-refractivity contribution in [1.82, 2.24) is 10.3 Å². The molecule has 0 aliphatic carbocycles. The molecular weight excluding hydrogens is 308 g/mol. The van der Waals surface area contributed by atoms with Crippen molar-refractivity contribution in [1.29, 1.82) is 0 Å². The zero-order valence-electron chi connectivity index (χ0n) is 13.9. The lowest BCUT2D eigenvalue weighted by Gasteiger charge is -2.30. The Morgan fingerprint density at radius 2 is 1.88 bits per heavy atom. The van der Waals surface area contributed by atoms with Gasteiger partial charge in [0, 0.05) is 5.69 Å². The number of ether oxygens (including phenoxy) is 1. The number of hydrogen-bond donors (Lipinski definition) is 2. The van der Waals surface area contributed by atoms with E-state index in [4.69, 9.17) is 4.74 Å². The van der Waals surface area contributed by atoms with Gasteiger partial charge in [0.2, 0.25) is 5.88 Å². The first-order valence-corrected chi connectivity index (χ1v) is 7.57. The van der Waals surface area contributed by atoms with Crippen LogP contribution < -0.4 is 10.1 Å². The summed E-state index contributed by atoms with van der Waals surface area (Å²) in [6.07, 6.45) is 0.194. The number of carbonyl (C=O) groups excluding carboxylic acids is 1. The number of carboxylic acids is 1. The Hall–Kier alpha value is -2.89. The third-order valence-corrected chi connectivity index (χ3v) is 3.93. The second-order valence-electron chi connectivity index (χ2n) is 5.39. The molecule has 1 aromatic carbocycles. The average Bonchev–Trinajstić information content (AvgIpc) is 2.59. The summed E-state index contributed by atoms with van der Waals surface area (Å²) in [7, 11) is 1.42. The number of pyridine rings is 1. The molecule has 2 rings (SSSR count). The molecule has 1 amide bonds. The summed E-state index contributed by atoms with van der Waals surface area (Å²) in [5, 5.41) is 12.4. The van der Waals surface area contributed by atoms with Crippen LogP contribution in [-0.4, -0.2) is 29.1 Å². The van der Waals surface area contributed by atoms with Gasteiger partial charge < -0.3 is 15.2 Å². The summed E-state index contributed by atoms with van der Waals surface area (Å²) in [5.74, 6) is -1.51. The highest BCUT2D eigenvalue weighted by Gasteiger charge is 2.40. The van der Waals surface area contributed by atoms with Crippen molar-refractivity contribution in [3.05, 3.63) is 59.3 Å². The van der Waals surface area contributed by atoms with Crippen LogP contribution >= 0.6 is 0 Å². The van der Waals surface area contributed by atoms with Crippen molar-refractivity contribution >= 4 is 11.9 Å². The maximum atomic E-state index is 12.7. The molecule has 6 heteroatoms. The highest BCUT2D eigenvalue weighted by atomic mass is 16.5. The van der Waals surface area contributed by atoms with Gasteiger partial charge in [-0.1, -0.05) is 37.3 Å². The molecule has 6 nitrogen and oxygen atoms in total. The molecule has 1 unspecified atom stereocenters. The molecule has 0 radical (unpaired) electrons. The van der Waals surface area contributed by atoms with E-state index in [1.165, 1.54) is 7.11 Å². The summed E-state index contributed by atoms with van der Waals surface area (Å²) in [4.78, 5) is 28.8. The topological polar surface area (TPSA) is 88.5 Å². The molecule has 2 N–H and O–H groups in total. The second-order valence-corrected chi connectivity index (χ2v) is 5.39. The first kappa shape index (κ1) is 17.5. The molecule has 0 bridgehead atoms. The molecular formula is C18H20N2O4. The number of aliphatic carboxylic acids is 1. The number of methoxy groups -OCH3 is 1. The van der Waals surface area contributed by atoms with E-state index >= 15 is 0 Å². The third-order valence-electron chi connectivity index (χ3n) is 3.93. The molecule has 2 aromatic rings. The minimum absolute atomic E-state index is 0.163. The van der Waals surface area contributed by atoms with E-state index in [0.29, 0.717) is 11.3 Å². The molecule has 1 aromatic heterocycles. The van der Waals surface area contributed by atoms with Crippen LogP contribution in [0.3, 0.4) is 0 Å². The Bertz CT molecular complexity index is 746. The Morgan fingerprint density at radius 1 is 1.21 bits per heavy atom. The predicted molar refractivity (Wildman–Crippen MR) is 89.0 cm³/mol. The fourth-order valence-corrected chi connectivity index (χ4v) is 2.54. The Morgan fingerprint density at radius 3 is 2.42 bits per heavy atom. The fourth-order valence-electron chi connectivity index (χ4n) is 2.54. The number of benzene rings is 1. The minimum Gasteiger partial charge on any atom is -0.480 e. The van der Waals surface area contributed by atoms with Crippen molar-refractivity contribution in [2.45, 2.75) is 25.8 Å². The minimum atomic E-state index is -1.52. The van der Waals surface area contributed by atoms with Crippen molar-refractivity contribution in [2.75, 3.05) is 7.11 Å². The summed E-state index contributed by atoms with van der Waals surface area (Å²) in [6.45, 7) is 3.49. The number of nitrogens with one attached hydrogen (secondary N) is 1. The summed E-state index contributed by atoms with van der Waals surface area (Å²) >= 11 is 0. The SMILES string of the molecule is CCC(NC(=O)c1ccc(C)nc1OC)(C(=O)O)c1ccccc1. The smallest absolute Gasteiger partial charge is 0.334 e. The van der Waals surface area contributed by atoms with Gasteiger partial charge in [0.25, 0.3) is 5.91 Å². The molecule has 0 aliphatic heterocycles. The van der Waals surface area contributed by atoms with Crippen molar-refractivity contribution in [3.8, 4) is 5.88 Å². The lowest BCUT2D eigenvalue weighted by Crippen LogP contribution is -2.51. The van der Waals surface area contributed by atoms with E-state index in [9.17, 15) is 14.7 Å². The van der Waals surface area contributed by atoms with Crippen molar-refractivity contribution < 1.29 is 19.4 Å². The molecule has 24 heavy (non-hydrogen) atoms. The summed E-state index contributed by atoms with van der Waals surface area (Å²) in [5.41, 5.74) is -0.120. The Labute approximate surface area is 140 Å². The highest BCUT2D eigenvalue weighted by molar-refractivity contribution is 5.99. The zero-order chi connectivity index (χ0) is 17.7. The van der Waals surface area contributed by atoms with Gasteiger partial charge in [-0.05, 0) is 31.0 Å². The molecule has 0 aliphatic rings. The van der Waals surface area contributed by atoms with Gasteiger partial charge in [0.05, 0.1) is 7.11 Å². The highest BCUT2D eigenvalue weighted by Crippen LogP contribution is 2.27. The van der Waals surface area contributed by atoms with E-state index < -0.39 is 17.4 Å². The second kappa shape index (κ2) is 7.12. The van der Waals surface area contributed by atoms with Crippen LogP contribution in [-0.2, 0) is 10.3 Å². The largest absolute Gasteiger partial charge is 0.480 e. The van der Waals surface area contributed by atoms with Crippen molar-refractivity contribution in [3.63, 3.8) is 0 Å². The first-order chi connectivity index (χ1) is 11.4. The van der Waals surface area contributed by atoms with E-state index in [1.807, 2.05) is 0 Å². The van der Waals surface area contributed by atoms with Crippen LogP contribution in [0.1, 0.15) is 35.0 Å². The van der Waals surface area contributed by atoms with E-state index in [0.717, 1.165) is 0 Å². The lowest BCUT2D eigenvalue weighted by molar-refractivity contribution is -0.145. The van der Waals surface area contributed by atoms with Crippen LogP contribution in [0.2, 0.25) is 0 Å². The molecule has 1 heterocycles. The number of carbonyl (C=O) groups is 2. The van der Waals surface area contributed by atoms with Gasteiger partial charge in [0.15, 0.2) is 5.54 Å². The number of aromatic nitrogens is 1. The number of amides is 1. The standard InChI is InChI=1S/C18H20N2O4/c1-4-18(17(22)23,13-8-6-5-7-9-13)20-15(21)14-11-10-12(2)19-16(14)24-3/h5-11H,4H2,1-3H3,(H,20,21)(H,22,23). The maximum absolute atomic E-state index is 12.7. The number of rotatable bonds is 6. The number of nitrogens with zero attached hydrogens (tertiary/aromatic N) is 1. The van der Waals surface area contributed by atoms with Crippen LogP contribution in [0.25, 0.3) is 0 Å². The Balaban J connectivity index is 2.44. The van der Waals surface area contributed by atoms with Gasteiger partial charge in [0.1, 0.15) is 5.56 Å². The van der Waals surface area contributed by atoms with E-state index in [2.05, 4.69) is 10.3 Å². The lowest BCUT2D eigenvalue weighted by atomic mass is 9.87. The zero-order valence-corrected chi connectivity index (χ0v) is 13.9. The monoisotopic (exact) mass is 328 g/mol. The quantitative estimate of drug-likeness (QED) is 0.850. The molecule has 0 saturated carbocycles. The van der Waals surface area contributed by atoms with Gasteiger partial charge in [-0.15, -0.1) is 0 Å². The molecule has 126 valence electrons. The van der Waals surface area contributed by atoms with Crippen LogP contribution in [0.15, 0.2) is 42.5 Å². The van der Waals surface area contributed by atoms with E-state index in [1.54, 1.807) is 56.3 Å². The number of aryl methyl sites for hydroxylation is 1. The van der Waals surface area contributed by atoms with Crippen LogP contribution in [0.5, 0.6) is 5.88 Å². The normalized spacial score (nSPS) is 13.0. The molecule has 0 fully saturated rings. The molecule has 1 atom stereocenters. The fraction of sp³-hybridized carbons (Fsp3) is 0.278. The summed E-state index contributed by atoms with van der Waals surface area (Å²) in [6, 6.07) is 11.9. The predicted octanol–water partition coefficient (Wildman–Crippen LogP) is 2.52.